The van der Waals surface area contributed by atoms with Crippen LogP contribution in [0.3, 0.4) is 0 Å². The average molecular weight is 385 g/mol. The molecule has 2 aromatic rings. The fourth-order valence-electron chi connectivity index (χ4n) is 1.63. The molecular weight excluding hydrogens is 372 g/mol. The van der Waals surface area contributed by atoms with E-state index in [0.717, 1.165) is 4.47 Å². The molecule has 0 saturated carbocycles. The molecule has 0 spiro atoms. The Morgan fingerprint density at radius 1 is 1.18 bits per heavy atom. The minimum Gasteiger partial charge on any atom is -0.484 e. The van der Waals surface area contributed by atoms with Crippen molar-refractivity contribution in [3.8, 4) is 5.75 Å². The molecule has 0 aliphatic carbocycles. The van der Waals surface area contributed by atoms with Gasteiger partial charge in [-0.3, -0.25) is 4.79 Å². The number of halogens is 1. The highest BCUT2D eigenvalue weighted by Crippen LogP contribution is 2.18. The van der Waals surface area contributed by atoms with E-state index in [1.165, 1.54) is 24.3 Å². The van der Waals surface area contributed by atoms with Crippen molar-refractivity contribution < 1.29 is 17.9 Å². The number of sulfonamides is 1. The van der Waals surface area contributed by atoms with Crippen molar-refractivity contribution in [1.29, 1.82) is 0 Å². The molecule has 2 aromatic carbocycles. The fourth-order valence-corrected chi connectivity index (χ4v) is 2.52. The molecule has 0 radical (unpaired) electrons. The first kappa shape index (κ1) is 16.5. The molecule has 0 atom stereocenters. The highest BCUT2D eigenvalue weighted by Gasteiger charge is 2.08. The van der Waals surface area contributed by atoms with Gasteiger partial charge in [0.25, 0.3) is 5.91 Å². The second-order valence-corrected chi connectivity index (χ2v) is 6.84. The highest BCUT2D eigenvalue weighted by molar-refractivity contribution is 9.10. The number of hydrogen-bond acceptors (Lipinski definition) is 4. The number of carbonyl (C=O) groups is 1. The summed E-state index contributed by atoms with van der Waals surface area (Å²) in [5, 5.41) is 7.59. The Hall–Kier alpha value is -1.90. The maximum Gasteiger partial charge on any atom is 0.262 e. The third-order valence-electron chi connectivity index (χ3n) is 2.63. The smallest absolute Gasteiger partial charge is 0.262 e. The van der Waals surface area contributed by atoms with Crippen LogP contribution in [0.15, 0.2) is 57.9 Å². The summed E-state index contributed by atoms with van der Waals surface area (Å²) in [6.45, 7) is -0.159. The quantitative estimate of drug-likeness (QED) is 0.824. The highest BCUT2D eigenvalue weighted by atomic mass is 79.9. The number of ether oxygens (including phenoxy) is 1. The number of nitrogens with two attached hydrogens (primary N) is 1. The molecule has 0 unspecified atom stereocenters. The van der Waals surface area contributed by atoms with Crippen molar-refractivity contribution in [2.24, 2.45) is 5.14 Å². The number of primary sulfonamides is 1. The first-order chi connectivity index (χ1) is 10.3. The van der Waals surface area contributed by atoms with Gasteiger partial charge in [-0.2, -0.15) is 0 Å². The van der Waals surface area contributed by atoms with Crippen molar-refractivity contribution in [3.05, 3.63) is 53.0 Å². The molecule has 6 nitrogen and oxygen atoms in total. The largest absolute Gasteiger partial charge is 0.484 e. The summed E-state index contributed by atoms with van der Waals surface area (Å²) < 4.78 is 28.4. The van der Waals surface area contributed by atoms with Crippen molar-refractivity contribution >= 4 is 37.5 Å². The minimum atomic E-state index is -3.74. The molecule has 0 bridgehead atoms. The summed E-state index contributed by atoms with van der Waals surface area (Å²) in [4.78, 5) is 11.7. The Morgan fingerprint density at radius 3 is 2.45 bits per heavy atom. The molecule has 1 amide bonds. The van der Waals surface area contributed by atoms with Gasteiger partial charge >= 0.3 is 0 Å². The number of benzene rings is 2. The predicted molar refractivity (Wildman–Crippen MR) is 86.1 cm³/mol. The maximum absolute atomic E-state index is 11.8. The lowest BCUT2D eigenvalue weighted by molar-refractivity contribution is -0.118. The van der Waals surface area contributed by atoms with Gasteiger partial charge < -0.3 is 10.1 Å². The van der Waals surface area contributed by atoms with Crippen LogP contribution < -0.4 is 15.2 Å². The van der Waals surface area contributed by atoms with Crippen LogP contribution in [0.25, 0.3) is 0 Å². The predicted octanol–water partition coefficient (Wildman–Crippen LogP) is 2.11. The molecule has 0 saturated heterocycles. The number of amides is 1. The Labute approximate surface area is 136 Å². The average Bonchev–Trinajstić information content (AvgIpc) is 2.45. The van der Waals surface area contributed by atoms with Gasteiger partial charge in [0, 0.05) is 10.2 Å². The van der Waals surface area contributed by atoms with Gasteiger partial charge in [0.1, 0.15) is 5.75 Å². The molecule has 0 heterocycles. The molecular formula is C14H13BrN2O4S. The molecule has 3 N–H and O–H groups in total. The molecule has 0 aliphatic heterocycles. The van der Waals surface area contributed by atoms with E-state index in [9.17, 15) is 13.2 Å². The van der Waals surface area contributed by atoms with Gasteiger partial charge in [-0.05, 0) is 42.5 Å². The maximum atomic E-state index is 11.8. The lowest BCUT2D eigenvalue weighted by Gasteiger charge is -2.08. The number of rotatable bonds is 5. The molecule has 2 rings (SSSR count). The van der Waals surface area contributed by atoms with Crippen LogP contribution >= 0.6 is 15.9 Å². The van der Waals surface area contributed by atoms with Gasteiger partial charge in [-0.15, -0.1) is 0 Å². The standard InChI is InChI=1S/C14H13BrN2O4S/c15-10-2-1-3-12(8-10)21-9-14(18)17-11-4-6-13(7-5-11)22(16,19)20/h1-8H,9H2,(H,17,18)(H2,16,19,20). The number of hydrogen-bond donors (Lipinski definition) is 2. The zero-order valence-corrected chi connectivity index (χ0v) is 13.7. The second kappa shape index (κ2) is 6.91. The normalized spacial score (nSPS) is 11.0. The van der Waals surface area contributed by atoms with E-state index in [-0.39, 0.29) is 17.4 Å². The summed E-state index contributed by atoms with van der Waals surface area (Å²) >= 11 is 3.31. The molecule has 0 fully saturated rings. The van der Waals surface area contributed by atoms with Crippen molar-refractivity contribution in [1.82, 2.24) is 0 Å². The monoisotopic (exact) mass is 384 g/mol. The van der Waals surface area contributed by atoms with E-state index in [1.807, 2.05) is 6.07 Å². The summed E-state index contributed by atoms with van der Waals surface area (Å²) in [5.74, 6) is 0.206. The molecule has 8 heteroatoms. The Bertz CT molecular complexity index is 776. The topological polar surface area (TPSA) is 98.5 Å². The molecule has 116 valence electrons. The molecule has 0 aromatic heterocycles. The Kier molecular flexibility index (Phi) is 5.17. The summed E-state index contributed by atoms with van der Waals surface area (Å²) in [7, 11) is -3.74. The van der Waals surface area contributed by atoms with E-state index >= 15 is 0 Å². The van der Waals surface area contributed by atoms with Crippen LogP contribution in [0.5, 0.6) is 5.75 Å². The minimum absolute atomic E-state index is 0.0177. The summed E-state index contributed by atoms with van der Waals surface area (Å²) in [6.07, 6.45) is 0. The molecule has 22 heavy (non-hydrogen) atoms. The fraction of sp³-hybridized carbons (Fsp3) is 0.0714. The van der Waals surface area contributed by atoms with Crippen LogP contribution in [0.1, 0.15) is 0 Å². The first-order valence-corrected chi connectivity index (χ1v) is 8.49. The lowest BCUT2D eigenvalue weighted by atomic mass is 10.3. The van der Waals surface area contributed by atoms with E-state index in [2.05, 4.69) is 21.2 Å². The van der Waals surface area contributed by atoms with Gasteiger partial charge in [0.05, 0.1) is 4.90 Å². The van der Waals surface area contributed by atoms with E-state index in [1.54, 1.807) is 18.2 Å². The second-order valence-electron chi connectivity index (χ2n) is 4.36. The van der Waals surface area contributed by atoms with Crippen molar-refractivity contribution in [2.45, 2.75) is 4.90 Å². The Balaban J connectivity index is 1.92. The van der Waals surface area contributed by atoms with Crippen molar-refractivity contribution in [2.75, 3.05) is 11.9 Å². The number of anilines is 1. The van der Waals surface area contributed by atoms with Gasteiger partial charge in [-0.1, -0.05) is 22.0 Å². The number of carbonyl (C=O) groups excluding carboxylic acids is 1. The zero-order chi connectivity index (χ0) is 16.2. The van der Waals surface area contributed by atoms with E-state index in [0.29, 0.717) is 11.4 Å². The van der Waals surface area contributed by atoms with Crippen LogP contribution in [0.4, 0.5) is 5.69 Å². The van der Waals surface area contributed by atoms with Gasteiger partial charge in [0.15, 0.2) is 6.61 Å². The number of nitrogens with one attached hydrogen (secondary N) is 1. The summed E-state index contributed by atoms with van der Waals surface area (Å²) in [5.41, 5.74) is 0.454. The van der Waals surface area contributed by atoms with Crippen LogP contribution in [-0.4, -0.2) is 20.9 Å². The van der Waals surface area contributed by atoms with Gasteiger partial charge in [-0.25, -0.2) is 13.6 Å². The summed E-state index contributed by atoms with van der Waals surface area (Å²) in [6, 6.07) is 12.7. The molecule has 0 aliphatic rings. The van der Waals surface area contributed by atoms with E-state index < -0.39 is 10.0 Å². The van der Waals surface area contributed by atoms with Crippen molar-refractivity contribution in [3.63, 3.8) is 0 Å². The first-order valence-electron chi connectivity index (χ1n) is 6.16. The van der Waals surface area contributed by atoms with Crippen LogP contribution in [0, 0.1) is 0 Å². The Morgan fingerprint density at radius 2 is 1.86 bits per heavy atom. The van der Waals surface area contributed by atoms with Gasteiger partial charge in [0.2, 0.25) is 10.0 Å². The third kappa shape index (κ3) is 4.83. The van der Waals surface area contributed by atoms with Crippen LogP contribution in [0.2, 0.25) is 0 Å². The SMILES string of the molecule is NS(=O)(=O)c1ccc(NC(=O)COc2cccc(Br)c2)cc1. The van der Waals surface area contributed by atoms with Crippen LogP contribution in [-0.2, 0) is 14.8 Å². The lowest BCUT2D eigenvalue weighted by Crippen LogP contribution is -2.20. The zero-order valence-electron chi connectivity index (χ0n) is 11.3. The van der Waals surface area contributed by atoms with E-state index in [4.69, 9.17) is 9.88 Å². The third-order valence-corrected chi connectivity index (χ3v) is 4.06.